The molecule has 1 heterocycles. The largest absolute Gasteiger partial charge is 0.497 e. The zero-order chi connectivity index (χ0) is 15.5. The van der Waals surface area contributed by atoms with Gasteiger partial charge in [0.15, 0.2) is 0 Å². The zero-order valence-corrected chi connectivity index (χ0v) is 12.5. The van der Waals surface area contributed by atoms with E-state index in [-0.39, 0.29) is 5.91 Å². The topological polar surface area (TPSA) is 51.2 Å². The Morgan fingerprint density at radius 3 is 2.68 bits per heavy atom. The minimum absolute atomic E-state index is 0.216. The molecule has 0 bridgehead atoms. The number of amides is 1. The fourth-order valence-corrected chi connectivity index (χ4v) is 2.26. The van der Waals surface area contributed by atoms with Crippen LogP contribution < -0.4 is 10.1 Å². The van der Waals surface area contributed by atoms with Crippen molar-refractivity contribution in [2.24, 2.45) is 0 Å². The van der Waals surface area contributed by atoms with Crippen LogP contribution in [0.3, 0.4) is 0 Å². The molecule has 4 nitrogen and oxygen atoms in total. The standard InChI is InChI=1S/C18H16N2O2/c1-12-5-3-4-6-15(12)20-18(21)17-9-7-13-11-14(22-2)8-10-16(13)19-17/h3-11H,1-2H3,(H,20,21). The predicted molar refractivity (Wildman–Crippen MR) is 87.4 cm³/mol. The number of carbonyl (C=O) groups excluding carboxylic acids is 1. The summed E-state index contributed by atoms with van der Waals surface area (Å²) in [5.74, 6) is 0.554. The van der Waals surface area contributed by atoms with Crippen LogP contribution in [-0.2, 0) is 0 Å². The molecule has 1 N–H and O–H groups in total. The Hall–Kier alpha value is -2.88. The number of nitrogens with one attached hydrogen (secondary N) is 1. The number of para-hydroxylation sites is 1. The number of aryl methyl sites for hydroxylation is 1. The lowest BCUT2D eigenvalue weighted by Crippen LogP contribution is -2.14. The van der Waals surface area contributed by atoms with Gasteiger partial charge in [-0.2, -0.15) is 0 Å². The number of ether oxygens (including phenoxy) is 1. The van der Waals surface area contributed by atoms with Gasteiger partial charge in [-0.15, -0.1) is 0 Å². The molecule has 0 saturated heterocycles. The van der Waals surface area contributed by atoms with Crippen molar-refractivity contribution in [3.8, 4) is 5.75 Å². The minimum Gasteiger partial charge on any atom is -0.497 e. The Kier molecular flexibility index (Phi) is 3.74. The third kappa shape index (κ3) is 2.76. The quantitative estimate of drug-likeness (QED) is 0.798. The first kappa shape index (κ1) is 14.1. The summed E-state index contributed by atoms with van der Waals surface area (Å²) >= 11 is 0. The molecule has 22 heavy (non-hydrogen) atoms. The van der Waals surface area contributed by atoms with Gasteiger partial charge in [-0.1, -0.05) is 24.3 Å². The lowest BCUT2D eigenvalue weighted by molar-refractivity contribution is 0.102. The number of pyridine rings is 1. The molecule has 0 fully saturated rings. The van der Waals surface area contributed by atoms with Crippen molar-refractivity contribution < 1.29 is 9.53 Å². The van der Waals surface area contributed by atoms with Crippen molar-refractivity contribution in [1.29, 1.82) is 0 Å². The first-order chi connectivity index (χ1) is 10.7. The monoisotopic (exact) mass is 292 g/mol. The van der Waals surface area contributed by atoms with Crippen LogP contribution >= 0.6 is 0 Å². The van der Waals surface area contributed by atoms with E-state index >= 15 is 0 Å². The van der Waals surface area contributed by atoms with Crippen molar-refractivity contribution in [3.63, 3.8) is 0 Å². The molecule has 0 atom stereocenters. The van der Waals surface area contributed by atoms with Gasteiger partial charge in [0.25, 0.3) is 5.91 Å². The molecule has 0 radical (unpaired) electrons. The smallest absolute Gasteiger partial charge is 0.274 e. The van der Waals surface area contributed by atoms with Crippen LogP contribution in [0.5, 0.6) is 5.75 Å². The number of hydrogen-bond acceptors (Lipinski definition) is 3. The van der Waals surface area contributed by atoms with E-state index < -0.39 is 0 Å². The van der Waals surface area contributed by atoms with Crippen molar-refractivity contribution in [1.82, 2.24) is 4.98 Å². The first-order valence-corrected chi connectivity index (χ1v) is 6.99. The fourth-order valence-electron chi connectivity index (χ4n) is 2.26. The number of rotatable bonds is 3. The van der Waals surface area contributed by atoms with Crippen molar-refractivity contribution in [2.75, 3.05) is 12.4 Å². The number of hydrogen-bond donors (Lipinski definition) is 1. The highest BCUT2D eigenvalue weighted by Gasteiger charge is 2.10. The number of anilines is 1. The average molecular weight is 292 g/mol. The molecular weight excluding hydrogens is 276 g/mol. The highest BCUT2D eigenvalue weighted by atomic mass is 16.5. The molecule has 0 aliphatic heterocycles. The summed E-state index contributed by atoms with van der Waals surface area (Å²) in [6, 6.07) is 16.8. The van der Waals surface area contributed by atoms with E-state index in [1.807, 2.05) is 55.5 Å². The molecule has 2 aromatic carbocycles. The van der Waals surface area contributed by atoms with Crippen LogP contribution in [0.1, 0.15) is 16.1 Å². The number of fused-ring (bicyclic) bond motifs is 1. The molecule has 3 rings (SSSR count). The normalized spacial score (nSPS) is 10.5. The molecule has 3 aromatic rings. The zero-order valence-electron chi connectivity index (χ0n) is 12.5. The maximum atomic E-state index is 12.3. The summed E-state index contributed by atoms with van der Waals surface area (Å²) in [7, 11) is 1.62. The number of nitrogens with zero attached hydrogens (tertiary/aromatic N) is 1. The second-order valence-corrected chi connectivity index (χ2v) is 5.02. The highest BCUT2D eigenvalue weighted by Crippen LogP contribution is 2.20. The van der Waals surface area contributed by atoms with E-state index in [0.29, 0.717) is 5.69 Å². The van der Waals surface area contributed by atoms with Crippen LogP contribution in [0, 0.1) is 6.92 Å². The number of carbonyl (C=O) groups is 1. The molecule has 110 valence electrons. The van der Waals surface area contributed by atoms with Crippen molar-refractivity contribution in [3.05, 3.63) is 65.9 Å². The van der Waals surface area contributed by atoms with Crippen LogP contribution in [-0.4, -0.2) is 18.0 Å². The SMILES string of the molecule is COc1ccc2nc(C(=O)Nc3ccccc3C)ccc2c1. The summed E-state index contributed by atoms with van der Waals surface area (Å²) in [5, 5.41) is 3.82. The summed E-state index contributed by atoms with van der Waals surface area (Å²) in [4.78, 5) is 16.7. The van der Waals surface area contributed by atoms with Gasteiger partial charge in [0.2, 0.25) is 0 Å². The Balaban J connectivity index is 1.90. The van der Waals surface area contributed by atoms with Crippen molar-refractivity contribution in [2.45, 2.75) is 6.92 Å². The maximum Gasteiger partial charge on any atom is 0.274 e. The Bertz CT molecular complexity index is 843. The Morgan fingerprint density at radius 2 is 1.91 bits per heavy atom. The predicted octanol–water partition coefficient (Wildman–Crippen LogP) is 3.80. The van der Waals surface area contributed by atoms with Crippen LogP contribution in [0.25, 0.3) is 10.9 Å². The van der Waals surface area contributed by atoms with Gasteiger partial charge >= 0.3 is 0 Å². The lowest BCUT2D eigenvalue weighted by Gasteiger charge is -2.08. The molecule has 0 saturated carbocycles. The second-order valence-electron chi connectivity index (χ2n) is 5.02. The number of aromatic nitrogens is 1. The van der Waals surface area contributed by atoms with E-state index in [2.05, 4.69) is 10.3 Å². The minimum atomic E-state index is -0.216. The van der Waals surface area contributed by atoms with Gasteiger partial charge in [0.1, 0.15) is 11.4 Å². The summed E-state index contributed by atoms with van der Waals surface area (Å²) < 4.78 is 5.19. The van der Waals surface area contributed by atoms with E-state index in [1.54, 1.807) is 13.2 Å². The average Bonchev–Trinajstić information content (AvgIpc) is 2.56. The lowest BCUT2D eigenvalue weighted by atomic mass is 10.1. The molecule has 1 aromatic heterocycles. The summed E-state index contributed by atoms with van der Waals surface area (Å²) in [5.41, 5.74) is 2.96. The molecule has 0 unspecified atom stereocenters. The van der Waals surface area contributed by atoms with Gasteiger partial charge in [-0.05, 0) is 42.8 Å². The third-order valence-corrected chi connectivity index (χ3v) is 3.52. The van der Waals surface area contributed by atoms with E-state index in [4.69, 9.17) is 4.74 Å². The van der Waals surface area contributed by atoms with Crippen LogP contribution in [0.4, 0.5) is 5.69 Å². The molecule has 1 amide bonds. The van der Waals surface area contributed by atoms with Crippen LogP contribution in [0.15, 0.2) is 54.6 Å². The van der Waals surface area contributed by atoms with Gasteiger partial charge in [0, 0.05) is 11.1 Å². The second kappa shape index (κ2) is 5.85. The molecule has 0 aliphatic carbocycles. The van der Waals surface area contributed by atoms with E-state index in [9.17, 15) is 4.79 Å². The highest BCUT2D eigenvalue weighted by molar-refractivity contribution is 6.04. The Labute approximate surface area is 128 Å². The van der Waals surface area contributed by atoms with Gasteiger partial charge < -0.3 is 10.1 Å². The van der Waals surface area contributed by atoms with E-state index in [0.717, 1.165) is 27.9 Å². The van der Waals surface area contributed by atoms with E-state index in [1.165, 1.54) is 0 Å². The third-order valence-electron chi connectivity index (χ3n) is 3.52. The molecule has 4 heteroatoms. The van der Waals surface area contributed by atoms with Crippen LogP contribution in [0.2, 0.25) is 0 Å². The van der Waals surface area contributed by atoms with Gasteiger partial charge in [-0.3, -0.25) is 4.79 Å². The number of benzene rings is 2. The molecule has 0 spiro atoms. The van der Waals surface area contributed by atoms with Gasteiger partial charge in [0.05, 0.1) is 12.6 Å². The molecular formula is C18H16N2O2. The first-order valence-electron chi connectivity index (χ1n) is 6.99. The summed E-state index contributed by atoms with van der Waals surface area (Å²) in [6.07, 6.45) is 0. The van der Waals surface area contributed by atoms with Crippen molar-refractivity contribution >= 4 is 22.5 Å². The maximum absolute atomic E-state index is 12.3. The summed E-state index contributed by atoms with van der Waals surface area (Å²) in [6.45, 7) is 1.95. The van der Waals surface area contributed by atoms with Gasteiger partial charge in [-0.25, -0.2) is 4.98 Å². The number of methoxy groups -OCH3 is 1. The fraction of sp³-hybridized carbons (Fsp3) is 0.111. The molecule has 0 aliphatic rings. The Morgan fingerprint density at radius 1 is 1.09 bits per heavy atom.